The van der Waals surface area contributed by atoms with Crippen LogP contribution in [0.5, 0.6) is 0 Å². The summed E-state index contributed by atoms with van der Waals surface area (Å²) in [5, 5.41) is 7.77. The zero-order chi connectivity index (χ0) is 12.8. The van der Waals surface area contributed by atoms with Crippen molar-refractivity contribution in [3.63, 3.8) is 0 Å². The molecular weight excluding hydrogens is 226 g/mol. The predicted octanol–water partition coefficient (Wildman–Crippen LogP) is 1.26. The molecule has 1 atom stereocenters. The van der Waals surface area contributed by atoms with Crippen LogP contribution in [0.25, 0.3) is 0 Å². The molecule has 0 amide bonds. The lowest BCUT2D eigenvalue weighted by molar-refractivity contribution is 0.259. The van der Waals surface area contributed by atoms with Crippen molar-refractivity contribution in [3.8, 4) is 0 Å². The summed E-state index contributed by atoms with van der Waals surface area (Å²) in [6.07, 6.45) is 5.41. The molecule has 0 aliphatic carbocycles. The SMILES string of the molecule is CCCn1ncnc1CNCC1CCCN1CC. The Labute approximate surface area is 110 Å². The topological polar surface area (TPSA) is 46.0 Å². The second-order valence-electron chi connectivity index (χ2n) is 4.95. The van der Waals surface area contributed by atoms with Gasteiger partial charge in [-0.1, -0.05) is 13.8 Å². The van der Waals surface area contributed by atoms with E-state index in [-0.39, 0.29) is 0 Å². The normalized spacial score (nSPS) is 20.7. The van der Waals surface area contributed by atoms with Crippen molar-refractivity contribution in [1.29, 1.82) is 0 Å². The minimum atomic E-state index is 0.706. The molecule has 1 aromatic heterocycles. The van der Waals surface area contributed by atoms with Crippen LogP contribution in [0.15, 0.2) is 6.33 Å². The van der Waals surface area contributed by atoms with Gasteiger partial charge in [-0.25, -0.2) is 9.67 Å². The Morgan fingerprint density at radius 3 is 3.11 bits per heavy atom. The van der Waals surface area contributed by atoms with Gasteiger partial charge in [-0.2, -0.15) is 5.10 Å². The number of likely N-dealkylation sites (tertiary alicyclic amines) is 1. The Balaban J connectivity index is 1.76. The van der Waals surface area contributed by atoms with Crippen LogP contribution >= 0.6 is 0 Å². The quantitative estimate of drug-likeness (QED) is 0.792. The maximum Gasteiger partial charge on any atom is 0.140 e. The Hall–Kier alpha value is -0.940. The lowest BCUT2D eigenvalue weighted by atomic mass is 10.2. The standard InChI is InChI=1S/C13H25N5/c1-3-7-18-13(15-11-16-18)10-14-9-12-6-5-8-17(12)4-2/h11-12,14H,3-10H2,1-2H3. The maximum absolute atomic E-state index is 4.31. The smallest absolute Gasteiger partial charge is 0.140 e. The summed E-state index contributed by atoms with van der Waals surface area (Å²) in [4.78, 5) is 6.87. The zero-order valence-corrected chi connectivity index (χ0v) is 11.6. The first-order chi connectivity index (χ1) is 8.85. The molecule has 0 aromatic carbocycles. The molecular formula is C13H25N5. The number of nitrogens with zero attached hydrogens (tertiary/aromatic N) is 4. The Morgan fingerprint density at radius 2 is 2.33 bits per heavy atom. The van der Waals surface area contributed by atoms with Gasteiger partial charge in [0.15, 0.2) is 0 Å². The molecule has 2 rings (SSSR count). The highest BCUT2D eigenvalue weighted by molar-refractivity contribution is 4.86. The first-order valence-corrected chi connectivity index (χ1v) is 7.16. The van der Waals surface area contributed by atoms with Crippen LogP contribution in [0.4, 0.5) is 0 Å². The molecule has 1 saturated heterocycles. The van der Waals surface area contributed by atoms with E-state index >= 15 is 0 Å². The van der Waals surface area contributed by atoms with Gasteiger partial charge >= 0.3 is 0 Å². The van der Waals surface area contributed by atoms with Crippen molar-refractivity contribution < 1.29 is 0 Å². The average molecular weight is 251 g/mol. The minimum Gasteiger partial charge on any atom is -0.308 e. The van der Waals surface area contributed by atoms with Gasteiger partial charge in [-0.05, 0) is 32.4 Å². The first-order valence-electron chi connectivity index (χ1n) is 7.16. The molecule has 2 heterocycles. The van der Waals surface area contributed by atoms with Crippen molar-refractivity contribution in [2.24, 2.45) is 0 Å². The Bertz CT molecular complexity index is 349. The van der Waals surface area contributed by atoms with Crippen LogP contribution in [0.2, 0.25) is 0 Å². The van der Waals surface area contributed by atoms with Gasteiger partial charge in [0.05, 0.1) is 6.54 Å². The fraction of sp³-hybridized carbons (Fsp3) is 0.846. The van der Waals surface area contributed by atoms with Crippen LogP contribution < -0.4 is 5.32 Å². The molecule has 1 aliphatic heterocycles. The molecule has 0 radical (unpaired) electrons. The van der Waals surface area contributed by atoms with E-state index in [2.05, 4.69) is 34.1 Å². The number of nitrogens with one attached hydrogen (secondary N) is 1. The Morgan fingerprint density at radius 1 is 1.44 bits per heavy atom. The van der Waals surface area contributed by atoms with Crippen LogP contribution in [-0.2, 0) is 13.1 Å². The third-order valence-electron chi connectivity index (χ3n) is 3.70. The summed E-state index contributed by atoms with van der Waals surface area (Å²) >= 11 is 0. The predicted molar refractivity (Wildman–Crippen MR) is 72.3 cm³/mol. The van der Waals surface area contributed by atoms with E-state index in [1.807, 2.05) is 4.68 Å². The fourth-order valence-corrected chi connectivity index (χ4v) is 2.72. The van der Waals surface area contributed by atoms with Gasteiger partial charge in [0.2, 0.25) is 0 Å². The monoisotopic (exact) mass is 251 g/mol. The second-order valence-corrected chi connectivity index (χ2v) is 4.95. The van der Waals surface area contributed by atoms with Gasteiger partial charge in [-0.15, -0.1) is 0 Å². The van der Waals surface area contributed by atoms with Gasteiger partial charge in [0, 0.05) is 19.1 Å². The molecule has 0 bridgehead atoms. The number of hydrogen-bond donors (Lipinski definition) is 1. The number of hydrogen-bond acceptors (Lipinski definition) is 4. The summed E-state index contributed by atoms with van der Waals surface area (Å²) in [5.41, 5.74) is 0. The van der Waals surface area contributed by atoms with Crippen molar-refractivity contribution in [2.45, 2.75) is 52.2 Å². The highest BCUT2D eigenvalue weighted by Gasteiger charge is 2.22. The lowest BCUT2D eigenvalue weighted by Gasteiger charge is -2.22. The third kappa shape index (κ3) is 3.29. The van der Waals surface area contributed by atoms with E-state index in [4.69, 9.17) is 0 Å². The molecule has 5 nitrogen and oxygen atoms in total. The minimum absolute atomic E-state index is 0.706. The number of aryl methyl sites for hydroxylation is 1. The van der Waals surface area contributed by atoms with Gasteiger partial charge in [0.1, 0.15) is 12.2 Å². The summed E-state index contributed by atoms with van der Waals surface area (Å²) < 4.78 is 2.00. The molecule has 5 heteroatoms. The van der Waals surface area contributed by atoms with Gasteiger partial charge in [0.25, 0.3) is 0 Å². The molecule has 0 saturated carbocycles. The maximum atomic E-state index is 4.31. The van der Waals surface area contributed by atoms with Crippen LogP contribution in [0.3, 0.4) is 0 Å². The summed E-state index contributed by atoms with van der Waals surface area (Å²) in [6, 6.07) is 0.706. The number of aromatic nitrogens is 3. The van der Waals surface area contributed by atoms with E-state index in [1.165, 1.54) is 25.9 Å². The molecule has 18 heavy (non-hydrogen) atoms. The molecule has 1 fully saturated rings. The fourth-order valence-electron chi connectivity index (χ4n) is 2.72. The first kappa shape index (κ1) is 13.5. The van der Waals surface area contributed by atoms with Gasteiger partial charge < -0.3 is 5.32 Å². The van der Waals surface area contributed by atoms with E-state index in [1.54, 1.807) is 6.33 Å². The second kappa shape index (κ2) is 6.85. The zero-order valence-electron chi connectivity index (χ0n) is 11.6. The molecule has 0 spiro atoms. The molecule has 102 valence electrons. The molecule has 1 aliphatic rings. The van der Waals surface area contributed by atoms with Crippen molar-refractivity contribution in [1.82, 2.24) is 25.0 Å². The highest BCUT2D eigenvalue weighted by Crippen LogP contribution is 2.15. The van der Waals surface area contributed by atoms with E-state index < -0.39 is 0 Å². The summed E-state index contributed by atoms with van der Waals surface area (Å²) in [5.74, 6) is 1.05. The van der Waals surface area contributed by atoms with Crippen molar-refractivity contribution >= 4 is 0 Å². The summed E-state index contributed by atoms with van der Waals surface area (Å²) in [6.45, 7) is 9.68. The molecule has 1 aromatic rings. The van der Waals surface area contributed by atoms with Gasteiger partial charge in [-0.3, -0.25) is 4.90 Å². The van der Waals surface area contributed by atoms with E-state index in [0.717, 1.165) is 31.9 Å². The molecule has 1 unspecified atom stereocenters. The largest absolute Gasteiger partial charge is 0.308 e. The highest BCUT2D eigenvalue weighted by atomic mass is 15.3. The van der Waals surface area contributed by atoms with Crippen LogP contribution in [0.1, 0.15) is 38.9 Å². The average Bonchev–Trinajstić information content (AvgIpc) is 2.99. The van der Waals surface area contributed by atoms with Crippen molar-refractivity contribution in [2.75, 3.05) is 19.6 Å². The van der Waals surface area contributed by atoms with E-state index in [9.17, 15) is 0 Å². The third-order valence-corrected chi connectivity index (χ3v) is 3.70. The summed E-state index contributed by atoms with van der Waals surface area (Å²) in [7, 11) is 0. The number of likely N-dealkylation sites (N-methyl/N-ethyl adjacent to an activating group) is 1. The van der Waals surface area contributed by atoms with Crippen LogP contribution in [0, 0.1) is 0 Å². The lowest BCUT2D eigenvalue weighted by Crippen LogP contribution is -2.37. The van der Waals surface area contributed by atoms with Crippen LogP contribution in [-0.4, -0.2) is 45.3 Å². The number of rotatable bonds is 7. The molecule has 1 N–H and O–H groups in total. The Kier molecular flexibility index (Phi) is 5.13. The van der Waals surface area contributed by atoms with Crippen molar-refractivity contribution in [3.05, 3.63) is 12.2 Å². The van der Waals surface area contributed by atoms with E-state index in [0.29, 0.717) is 6.04 Å².